The van der Waals surface area contributed by atoms with Crippen LogP contribution in [0.5, 0.6) is 0 Å². The summed E-state index contributed by atoms with van der Waals surface area (Å²) in [6.45, 7) is 3.30. The molecule has 0 saturated heterocycles. The molecule has 5 heteroatoms. The van der Waals surface area contributed by atoms with Crippen molar-refractivity contribution in [3.63, 3.8) is 0 Å². The van der Waals surface area contributed by atoms with Gasteiger partial charge in [-0.25, -0.2) is 0 Å². The van der Waals surface area contributed by atoms with E-state index in [2.05, 4.69) is 22.5 Å². The predicted octanol–water partition coefficient (Wildman–Crippen LogP) is 5.06. The third-order valence-electron chi connectivity index (χ3n) is 5.62. The van der Waals surface area contributed by atoms with Crippen molar-refractivity contribution in [3.8, 4) is 11.1 Å². The van der Waals surface area contributed by atoms with E-state index in [-0.39, 0.29) is 11.9 Å². The third kappa shape index (κ3) is 5.31. The number of amides is 1. The van der Waals surface area contributed by atoms with E-state index < -0.39 is 0 Å². The van der Waals surface area contributed by atoms with Crippen LogP contribution in [-0.2, 0) is 17.9 Å². The number of aromatic nitrogens is 2. The summed E-state index contributed by atoms with van der Waals surface area (Å²) in [7, 11) is 1.96. The van der Waals surface area contributed by atoms with Crippen molar-refractivity contribution in [2.24, 2.45) is 0 Å². The van der Waals surface area contributed by atoms with E-state index in [9.17, 15) is 4.79 Å². The lowest BCUT2D eigenvalue weighted by Crippen LogP contribution is -2.39. The molecule has 0 spiro atoms. The summed E-state index contributed by atoms with van der Waals surface area (Å²) in [5.41, 5.74) is 5.20. The van der Waals surface area contributed by atoms with Gasteiger partial charge in [0.25, 0.3) is 0 Å². The Morgan fingerprint density at radius 2 is 1.59 bits per heavy atom. The lowest BCUT2D eigenvalue weighted by molar-refractivity contribution is -0.120. The summed E-state index contributed by atoms with van der Waals surface area (Å²) in [6, 6.07) is 28.0. The van der Waals surface area contributed by atoms with Gasteiger partial charge in [0.1, 0.15) is 0 Å². The number of nitrogens with one attached hydrogen (secondary N) is 1. The Morgan fingerprint density at radius 3 is 2.34 bits per heavy atom. The van der Waals surface area contributed by atoms with E-state index >= 15 is 0 Å². The number of para-hydroxylation sites is 1. The number of likely N-dealkylation sites (N-methyl/N-ethyl adjacent to an activating group) is 1. The van der Waals surface area contributed by atoms with Crippen molar-refractivity contribution >= 4 is 11.6 Å². The summed E-state index contributed by atoms with van der Waals surface area (Å²) < 4.78 is 1.93. The maximum atomic E-state index is 13.0. The molecule has 1 N–H and O–H groups in total. The van der Waals surface area contributed by atoms with Crippen LogP contribution in [0, 0.1) is 0 Å². The monoisotopic (exact) mass is 424 g/mol. The van der Waals surface area contributed by atoms with Crippen molar-refractivity contribution in [3.05, 3.63) is 108 Å². The van der Waals surface area contributed by atoms with Crippen LogP contribution in [0.1, 0.15) is 18.1 Å². The molecule has 0 aliphatic carbocycles. The number of nitrogens with zero attached hydrogens (tertiary/aromatic N) is 3. The van der Waals surface area contributed by atoms with Crippen LogP contribution in [0.15, 0.2) is 97.3 Å². The Labute approximate surface area is 189 Å². The first-order valence-electron chi connectivity index (χ1n) is 10.8. The van der Waals surface area contributed by atoms with Crippen LogP contribution in [0.2, 0.25) is 0 Å². The highest BCUT2D eigenvalue weighted by Gasteiger charge is 2.20. The molecule has 4 aromatic rings. The van der Waals surface area contributed by atoms with E-state index in [4.69, 9.17) is 0 Å². The lowest BCUT2D eigenvalue weighted by atomic mass is 10.0. The van der Waals surface area contributed by atoms with Gasteiger partial charge in [0, 0.05) is 29.6 Å². The fourth-order valence-corrected chi connectivity index (χ4v) is 3.67. The molecule has 0 aliphatic heterocycles. The first-order valence-corrected chi connectivity index (χ1v) is 10.8. The zero-order valence-corrected chi connectivity index (χ0v) is 18.5. The molecular weight excluding hydrogens is 396 g/mol. The van der Waals surface area contributed by atoms with Gasteiger partial charge in [-0.1, -0.05) is 78.9 Å². The largest absolute Gasteiger partial charge is 0.324 e. The molecule has 0 saturated carbocycles. The number of anilines is 1. The predicted molar refractivity (Wildman–Crippen MR) is 129 cm³/mol. The normalized spacial score (nSPS) is 12.0. The molecule has 1 heterocycles. The van der Waals surface area contributed by atoms with Gasteiger partial charge in [-0.2, -0.15) is 5.10 Å². The highest BCUT2D eigenvalue weighted by atomic mass is 16.2. The van der Waals surface area contributed by atoms with Crippen molar-refractivity contribution in [2.75, 3.05) is 12.4 Å². The van der Waals surface area contributed by atoms with Gasteiger partial charge in [-0.3, -0.25) is 14.4 Å². The summed E-state index contributed by atoms with van der Waals surface area (Å²) in [5.74, 6) is -0.0347. The molecule has 0 radical (unpaired) electrons. The molecule has 1 atom stereocenters. The van der Waals surface area contributed by atoms with Crippen LogP contribution >= 0.6 is 0 Å². The highest BCUT2D eigenvalue weighted by Crippen LogP contribution is 2.27. The zero-order valence-electron chi connectivity index (χ0n) is 18.5. The second kappa shape index (κ2) is 10.1. The summed E-state index contributed by atoms with van der Waals surface area (Å²) in [4.78, 5) is 15.0. The van der Waals surface area contributed by atoms with Gasteiger partial charge in [0.15, 0.2) is 0 Å². The Bertz CT molecular complexity index is 1150. The quantitative estimate of drug-likeness (QED) is 0.430. The first-order chi connectivity index (χ1) is 15.6. The molecule has 0 bridgehead atoms. The molecule has 3 aromatic carbocycles. The van der Waals surface area contributed by atoms with E-state index in [1.807, 2.05) is 109 Å². The SMILES string of the molecule is CC(C(=O)Nc1ccccc1-c1ccccc1)N(C)Cc1cnn(Cc2ccccc2)c1. The number of hydrogen-bond donors (Lipinski definition) is 1. The minimum atomic E-state index is -0.295. The van der Waals surface area contributed by atoms with Crippen molar-refractivity contribution < 1.29 is 4.79 Å². The second-order valence-corrected chi connectivity index (χ2v) is 8.02. The summed E-state index contributed by atoms with van der Waals surface area (Å²) >= 11 is 0. The van der Waals surface area contributed by atoms with E-state index in [0.717, 1.165) is 28.9 Å². The molecule has 32 heavy (non-hydrogen) atoms. The van der Waals surface area contributed by atoms with Crippen LogP contribution in [0.3, 0.4) is 0 Å². The van der Waals surface area contributed by atoms with Gasteiger partial charge in [-0.15, -0.1) is 0 Å². The van der Waals surface area contributed by atoms with Crippen LogP contribution in [0.25, 0.3) is 11.1 Å². The van der Waals surface area contributed by atoms with Crippen molar-refractivity contribution in [1.82, 2.24) is 14.7 Å². The lowest BCUT2D eigenvalue weighted by Gasteiger charge is -2.24. The molecular formula is C27H28N4O. The second-order valence-electron chi connectivity index (χ2n) is 8.02. The Hall–Kier alpha value is -3.70. The smallest absolute Gasteiger partial charge is 0.241 e. The van der Waals surface area contributed by atoms with Gasteiger partial charge in [0.2, 0.25) is 5.91 Å². The maximum Gasteiger partial charge on any atom is 0.241 e. The molecule has 0 aliphatic rings. The first kappa shape index (κ1) is 21.5. The Balaban J connectivity index is 1.39. The average Bonchev–Trinajstić information content (AvgIpc) is 3.26. The molecule has 1 unspecified atom stereocenters. The third-order valence-corrected chi connectivity index (χ3v) is 5.62. The summed E-state index contributed by atoms with van der Waals surface area (Å²) in [5, 5.41) is 7.58. The van der Waals surface area contributed by atoms with Gasteiger partial charge in [-0.05, 0) is 31.2 Å². The molecule has 5 nitrogen and oxygen atoms in total. The topological polar surface area (TPSA) is 50.2 Å². The number of rotatable bonds is 8. The highest BCUT2D eigenvalue weighted by molar-refractivity contribution is 5.98. The number of benzene rings is 3. The maximum absolute atomic E-state index is 13.0. The number of hydrogen-bond acceptors (Lipinski definition) is 3. The van der Waals surface area contributed by atoms with Gasteiger partial charge in [0.05, 0.1) is 18.8 Å². The molecule has 0 fully saturated rings. The fraction of sp³-hybridized carbons (Fsp3) is 0.185. The van der Waals surface area contributed by atoms with Crippen LogP contribution < -0.4 is 5.32 Å². The van der Waals surface area contributed by atoms with Gasteiger partial charge >= 0.3 is 0 Å². The van der Waals surface area contributed by atoms with Gasteiger partial charge < -0.3 is 5.32 Å². The number of carbonyl (C=O) groups is 1. The Morgan fingerprint density at radius 1 is 0.938 bits per heavy atom. The van der Waals surface area contributed by atoms with E-state index in [1.165, 1.54) is 5.56 Å². The van der Waals surface area contributed by atoms with E-state index in [1.54, 1.807) is 0 Å². The minimum absolute atomic E-state index is 0.0347. The minimum Gasteiger partial charge on any atom is -0.324 e. The zero-order chi connectivity index (χ0) is 22.3. The fourth-order valence-electron chi connectivity index (χ4n) is 3.67. The number of carbonyl (C=O) groups excluding carboxylic acids is 1. The average molecular weight is 425 g/mol. The summed E-state index contributed by atoms with van der Waals surface area (Å²) in [6.07, 6.45) is 3.91. The Kier molecular flexibility index (Phi) is 6.78. The van der Waals surface area contributed by atoms with Crippen LogP contribution in [-0.4, -0.2) is 33.7 Å². The molecule has 1 amide bonds. The van der Waals surface area contributed by atoms with Crippen molar-refractivity contribution in [1.29, 1.82) is 0 Å². The van der Waals surface area contributed by atoms with E-state index in [0.29, 0.717) is 6.54 Å². The molecule has 1 aromatic heterocycles. The standard InChI is InChI=1S/C27H28N4O/c1-21(27(32)29-26-16-10-9-15-25(26)24-13-7-4-8-14-24)30(2)18-23-17-28-31(20-23)19-22-11-5-3-6-12-22/h3-17,20-21H,18-19H2,1-2H3,(H,29,32). The van der Waals surface area contributed by atoms with Crippen LogP contribution in [0.4, 0.5) is 5.69 Å². The molecule has 4 rings (SSSR count). The van der Waals surface area contributed by atoms with Crippen molar-refractivity contribution in [2.45, 2.75) is 26.1 Å². The molecule has 162 valence electrons.